The second-order valence-electron chi connectivity index (χ2n) is 4.74. The number of pyridine rings is 1. The quantitative estimate of drug-likeness (QED) is 0.822. The fourth-order valence-corrected chi connectivity index (χ4v) is 2.52. The average molecular weight is 254 g/mol. The standard InChI is InChI=1S/C13H20ClN3/c1-10-7-12(8-16-13(10)14)11-5-3-4-6-17(9-11)15-2/h7-8,11,15H,3-6,9H2,1-2H3/t11-/m1/s1. The van der Waals surface area contributed by atoms with Gasteiger partial charge in [0.15, 0.2) is 0 Å². The highest BCUT2D eigenvalue weighted by Gasteiger charge is 2.19. The second-order valence-corrected chi connectivity index (χ2v) is 5.10. The van der Waals surface area contributed by atoms with Gasteiger partial charge >= 0.3 is 0 Å². The molecule has 1 fully saturated rings. The predicted molar refractivity (Wildman–Crippen MR) is 71.2 cm³/mol. The number of aryl methyl sites for hydroxylation is 1. The van der Waals surface area contributed by atoms with Crippen LogP contribution in [-0.4, -0.2) is 30.1 Å². The number of rotatable bonds is 2. The Labute approximate surface area is 108 Å². The number of nitrogens with one attached hydrogen (secondary N) is 1. The molecule has 2 rings (SSSR count). The van der Waals surface area contributed by atoms with Crippen LogP contribution in [0.3, 0.4) is 0 Å². The molecule has 1 saturated heterocycles. The van der Waals surface area contributed by atoms with E-state index in [-0.39, 0.29) is 0 Å². The maximum atomic E-state index is 5.97. The molecule has 0 aliphatic carbocycles. The van der Waals surface area contributed by atoms with Crippen LogP contribution in [-0.2, 0) is 0 Å². The largest absolute Gasteiger partial charge is 0.258 e. The number of hydrazine groups is 1. The first-order valence-corrected chi connectivity index (χ1v) is 6.63. The molecule has 17 heavy (non-hydrogen) atoms. The molecule has 1 aliphatic rings. The van der Waals surface area contributed by atoms with Gasteiger partial charge in [0, 0.05) is 19.3 Å². The van der Waals surface area contributed by atoms with Crippen molar-refractivity contribution in [2.24, 2.45) is 0 Å². The van der Waals surface area contributed by atoms with E-state index in [1.54, 1.807) is 0 Å². The third-order valence-electron chi connectivity index (χ3n) is 3.49. The summed E-state index contributed by atoms with van der Waals surface area (Å²) in [4.78, 5) is 4.26. The summed E-state index contributed by atoms with van der Waals surface area (Å²) in [5.41, 5.74) is 5.64. The Bertz CT molecular complexity index is 381. The zero-order valence-corrected chi connectivity index (χ0v) is 11.3. The van der Waals surface area contributed by atoms with Crippen molar-refractivity contribution in [2.75, 3.05) is 20.1 Å². The van der Waals surface area contributed by atoms with Crippen molar-refractivity contribution in [3.8, 4) is 0 Å². The number of hydrogen-bond donors (Lipinski definition) is 1. The number of aromatic nitrogens is 1. The first kappa shape index (κ1) is 12.8. The highest BCUT2D eigenvalue weighted by Crippen LogP contribution is 2.27. The molecule has 3 nitrogen and oxygen atoms in total. The molecule has 0 unspecified atom stereocenters. The smallest absolute Gasteiger partial charge is 0.131 e. The van der Waals surface area contributed by atoms with Crippen LogP contribution in [0.15, 0.2) is 12.3 Å². The Morgan fingerprint density at radius 2 is 2.29 bits per heavy atom. The van der Waals surface area contributed by atoms with Gasteiger partial charge in [-0.25, -0.2) is 9.99 Å². The van der Waals surface area contributed by atoms with E-state index in [9.17, 15) is 0 Å². The summed E-state index contributed by atoms with van der Waals surface area (Å²) in [5.74, 6) is 0.563. The van der Waals surface area contributed by atoms with E-state index in [2.05, 4.69) is 21.5 Å². The van der Waals surface area contributed by atoms with Crippen molar-refractivity contribution in [1.82, 2.24) is 15.4 Å². The van der Waals surface area contributed by atoms with E-state index in [4.69, 9.17) is 11.6 Å². The molecule has 0 spiro atoms. The minimum absolute atomic E-state index is 0.563. The topological polar surface area (TPSA) is 28.2 Å². The first-order chi connectivity index (χ1) is 8.20. The van der Waals surface area contributed by atoms with E-state index in [0.717, 1.165) is 18.7 Å². The number of nitrogens with zero attached hydrogens (tertiary/aromatic N) is 2. The van der Waals surface area contributed by atoms with Crippen LogP contribution < -0.4 is 5.43 Å². The molecule has 1 N–H and O–H groups in total. The summed E-state index contributed by atoms with van der Waals surface area (Å²) in [5, 5.41) is 2.91. The lowest BCUT2D eigenvalue weighted by Crippen LogP contribution is -2.37. The molecule has 1 aromatic rings. The molecular weight excluding hydrogens is 234 g/mol. The van der Waals surface area contributed by atoms with Gasteiger partial charge in [-0.3, -0.25) is 5.43 Å². The van der Waals surface area contributed by atoms with Crippen molar-refractivity contribution in [1.29, 1.82) is 0 Å². The summed E-state index contributed by atoms with van der Waals surface area (Å²) in [6.07, 6.45) is 5.71. The highest BCUT2D eigenvalue weighted by molar-refractivity contribution is 6.30. The highest BCUT2D eigenvalue weighted by atomic mass is 35.5. The van der Waals surface area contributed by atoms with E-state index >= 15 is 0 Å². The Hall–Kier alpha value is -0.640. The molecule has 0 aromatic carbocycles. The molecule has 0 saturated carbocycles. The van der Waals surface area contributed by atoms with Gasteiger partial charge in [0.25, 0.3) is 0 Å². The summed E-state index contributed by atoms with van der Waals surface area (Å²) >= 11 is 5.97. The monoisotopic (exact) mass is 253 g/mol. The zero-order chi connectivity index (χ0) is 12.3. The molecule has 1 aliphatic heterocycles. The van der Waals surface area contributed by atoms with Gasteiger partial charge in [0.05, 0.1) is 0 Å². The van der Waals surface area contributed by atoms with Crippen molar-refractivity contribution >= 4 is 11.6 Å². The Morgan fingerprint density at radius 1 is 1.47 bits per heavy atom. The number of hydrogen-bond acceptors (Lipinski definition) is 3. The molecular formula is C13H20ClN3. The lowest BCUT2D eigenvalue weighted by atomic mass is 9.95. The van der Waals surface area contributed by atoms with Crippen molar-refractivity contribution in [2.45, 2.75) is 32.1 Å². The van der Waals surface area contributed by atoms with Gasteiger partial charge < -0.3 is 0 Å². The normalized spacial score (nSPS) is 22.4. The van der Waals surface area contributed by atoms with Crippen LogP contribution >= 0.6 is 11.6 Å². The molecule has 2 heterocycles. The van der Waals surface area contributed by atoms with Gasteiger partial charge in [0.1, 0.15) is 5.15 Å². The summed E-state index contributed by atoms with van der Waals surface area (Å²) in [6.45, 7) is 4.21. The molecule has 94 valence electrons. The van der Waals surface area contributed by atoms with Gasteiger partial charge in [-0.1, -0.05) is 24.1 Å². The first-order valence-electron chi connectivity index (χ1n) is 6.25. The lowest BCUT2D eigenvalue weighted by molar-refractivity contribution is 0.207. The van der Waals surface area contributed by atoms with E-state index in [1.165, 1.54) is 24.8 Å². The lowest BCUT2D eigenvalue weighted by Gasteiger charge is -2.23. The fourth-order valence-electron chi connectivity index (χ4n) is 2.42. The van der Waals surface area contributed by atoms with Gasteiger partial charge in [0.2, 0.25) is 0 Å². The van der Waals surface area contributed by atoms with Crippen LogP contribution in [0.2, 0.25) is 5.15 Å². The Morgan fingerprint density at radius 3 is 3.00 bits per heavy atom. The minimum Gasteiger partial charge on any atom is -0.258 e. The molecule has 1 aromatic heterocycles. The Balaban J connectivity index is 2.16. The van der Waals surface area contributed by atoms with Crippen molar-refractivity contribution in [3.05, 3.63) is 28.5 Å². The maximum Gasteiger partial charge on any atom is 0.131 e. The fraction of sp³-hybridized carbons (Fsp3) is 0.615. The van der Waals surface area contributed by atoms with E-state index < -0.39 is 0 Å². The third kappa shape index (κ3) is 3.18. The summed E-state index contributed by atoms with van der Waals surface area (Å²) in [7, 11) is 1.99. The molecule has 0 amide bonds. The average Bonchev–Trinajstić information content (AvgIpc) is 2.58. The van der Waals surface area contributed by atoms with Crippen molar-refractivity contribution in [3.63, 3.8) is 0 Å². The van der Waals surface area contributed by atoms with Gasteiger partial charge in [-0.05, 0) is 43.9 Å². The maximum absolute atomic E-state index is 5.97. The predicted octanol–water partition coefficient (Wildman–Crippen LogP) is 2.75. The Kier molecular flexibility index (Phi) is 4.37. The SMILES string of the molecule is CNN1CCCC[C@@H](c2cnc(Cl)c(C)c2)C1. The molecule has 1 atom stereocenters. The minimum atomic E-state index is 0.563. The van der Waals surface area contributed by atoms with Crippen LogP contribution in [0.25, 0.3) is 0 Å². The summed E-state index contributed by atoms with van der Waals surface area (Å²) < 4.78 is 0. The van der Waals surface area contributed by atoms with Gasteiger partial charge in [-0.2, -0.15) is 0 Å². The van der Waals surface area contributed by atoms with Crippen LogP contribution in [0, 0.1) is 6.92 Å². The van der Waals surface area contributed by atoms with Crippen LogP contribution in [0.1, 0.15) is 36.3 Å². The van der Waals surface area contributed by atoms with Gasteiger partial charge in [-0.15, -0.1) is 0 Å². The number of halogens is 1. The second kappa shape index (κ2) is 5.80. The zero-order valence-electron chi connectivity index (χ0n) is 10.5. The van der Waals surface area contributed by atoms with E-state index in [0.29, 0.717) is 11.1 Å². The summed E-state index contributed by atoms with van der Waals surface area (Å²) in [6, 6.07) is 2.18. The van der Waals surface area contributed by atoms with E-state index in [1.807, 2.05) is 20.2 Å². The molecule has 0 bridgehead atoms. The van der Waals surface area contributed by atoms with Crippen LogP contribution in [0.4, 0.5) is 0 Å². The van der Waals surface area contributed by atoms with Crippen LogP contribution in [0.5, 0.6) is 0 Å². The van der Waals surface area contributed by atoms with Crippen molar-refractivity contribution < 1.29 is 0 Å². The molecule has 4 heteroatoms. The molecule has 0 radical (unpaired) electrons. The third-order valence-corrected chi connectivity index (χ3v) is 3.89.